The van der Waals surface area contributed by atoms with Crippen LogP contribution in [0.3, 0.4) is 0 Å². The number of carbonyl (C=O) groups excluding carboxylic acids is 1. The Bertz CT molecular complexity index is 494. The fourth-order valence-corrected chi connectivity index (χ4v) is 3.70. The van der Waals surface area contributed by atoms with Gasteiger partial charge in [0.25, 0.3) is 5.91 Å². The van der Waals surface area contributed by atoms with E-state index < -0.39 is 0 Å². The van der Waals surface area contributed by atoms with E-state index in [9.17, 15) is 4.79 Å². The number of nitrogens with two attached hydrogens (primary N) is 1. The summed E-state index contributed by atoms with van der Waals surface area (Å²) in [6, 6.07) is 2.11. The average Bonchev–Trinajstić information content (AvgIpc) is 2.93. The molecular weight excluding hydrogens is 240 g/mol. The second kappa shape index (κ2) is 4.67. The molecule has 2 aliphatic rings. The quantitative estimate of drug-likeness (QED) is 0.843. The predicted octanol–water partition coefficient (Wildman–Crippen LogP) is 2.10. The topological polar surface area (TPSA) is 59.5 Å². The highest BCUT2D eigenvalue weighted by Gasteiger charge is 2.40. The second-order valence-electron chi connectivity index (χ2n) is 6.06. The van der Waals surface area contributed by atoms with E-state index in [4.69, 9.17) is 10.2 Å². The molecule has 104 valence electrons. The van der Waals surface area contributed by atoms with Crippen LogP contribution in [0.5, 0.6) is 0 Å². The van der Waals surface area contributed by atoms with Gasteiger partial charge in [-0.2, -0.15) is 0 Å². The van der Waals surface area contributed by atoms with E-state index in [1.54, 1.807) is 0 Å². The maximum Gasteiger partial charge on any atom is 0.257 e. The van der Waals surface area contributed by atoms with Gasteiger partial charge in [0.15, 0.2) is 0 Å². The summed E-state index contributed by atoms with van der Waals surface area (Å²) in [5.74, 6) is 2.72. The lowest BCUT2D eigenvalue weighted by Gasteiger charge is -2.29. The molecule has 3 rings (SSSR count). The molecular formula is C15H22N2O2. The minimum Gasteiger partial charge on any atom is -0.466 e. The van der Waals surface area contributed by atoms with Crippen molar-refractivity contribution in [3.05, 3.63) is 23.2 Å². The molecule has 2 N–H and O–H groups in total. The Hall–Kier alpha value is -1.29. The average molecular weight is 262 g/mol. The molecule has 1 aliphatic carbocycles. The van der Waals surface area contributed by atoms with Crippen LogP contribution in [0.4, 0.5) is 0 Å². The van der Waals surface area contributed by atoms with Crippen LogP contribution < -0.4 is 5.73 Å². The zero-order valence-electron chi connectivity index (χ0n) is 11.7. The van der Waals surface area contributed by atoms with E-state index in [0.717, 1.165) is 31.0 Å². The van der Waals surface area contributed by atoms with Gasteiger partial charge in [0.2, 0.25) is 0 Å². The Morgan fingerprint density at radius 1 is 1.37 bits per heavy atom. The molecule has 0 spiro atoms. The van der Waals surface area contributed by atoms with E-state index in [2.05, 4.69) is 0 Å². The highest BCUT2D eigenvalue weighted by Crippen LogP contribution is 2.36. The summed E-state index contributed by atoms with van der Waals surface area (Å²) in [7, 11) is 0. The number of aryl methyl sites for hydroxylation is 2. The molecule has 4 nitrogen and oxygen atoms in total. The van der Waals surface area contributed by atoms with Crippen molar-refractivity contribution in [1.29, 1.82) is 0 Å². The molecule has 1 saturated carbocycles. The van der Waals surface area contributed by atoms with Crippen LogP contribution >= 0.6 is 0 Å². The molecule has 0 radical (unpaired) electrons. The third-order valence-corrected chi connectivity index (χ3v) is 4.71. The van der Waals surface area contributed by atoms with Crippen molar-refractivity contribution in [2.24, 2.45) is 17.6 Å². The molecule has 1 aliphatic heterocycles. The predicted molar refractivity (Wildman–Crippen MR) is 72.9 cm³/mol. The molecule has 2 heterocycles. The maximum atomic E-state index is 12.6. The van der Waals surface area contributed by atoms with E-state index >= 15 is 0 Å². The first-order valence-electron chi connectivity index (χ1n) is 7.18. The van der Waals surface area contributed by atoms with Gasteiger partial charge in [-0.1, -0.05) is 6.42 Å². The molecule has 4 heteroatoms. The van der Waals surface area contributed by atoms with Crippen molar-refractivity contribution in [2.45, 2.75) is 39.2 Å². The second-order valence-corrected chi connectivity index (χ2v) is 6.06. The van der Waals surface area contributed by atoms with Crippen LogP contribution in [-0.4, -0.2) is 29.9 Å². The molecule has 0 aromatic carbocycles. The Morgan fingerprint density at radius 2 is 2.16 bits per heavy atom. The zero-order chi connectivity index (χ0) is 13.6. The van der Waals surface area contributed by atoms with Gasteiger partial charge in [0.05, 0.1) is 5.56 Å². The number of rotatable bonds is 1. The summed E-state index contributed by atoms with van der Waals surface area (Å²) >= 11 is 0. The molecule has 1 aromatic rings. The first-order valence-corrected chi connectivity index (χ1v) is 7.18. The summed E-state index contributed by atoms with van der Waals surface area (Å²) < 4.78 is 5.46. The number of amides is 1. The first-order chi connectivity index (χ1) is 9.06. The van der Waals surface area contributed by atoms with Crippen LogP contribution in [0.1, 0.15) is 41.1 Å². The van der Waals surface area contributed by atoms with Crippen molar-refractivity contribution in [3.8, 4) is 0 Å². The standard InChI is InChI=1S/C15H22N2O2/c1-9-6-12(10(2)19-9)15(18)17-7-11-4-3-5-14(16)13(11)8-17/h6,11,13-14H,3-5,7-8,16H2,1-2H3. The van der Waals surface area contributed by atoms with Gasteiger partial charge in [-0.3, -0.25) is 4.79 Å². The van der Waals surface area contributed by atoms with Crippen LogP contribution in [0.25, 0.3) is 0 Å². The molecule has 19 heavy (non-hydrogen) atoms. The van der Waals surface area contributed by atoms with Gasteiger partial charge in [0.1, 0.15) is 11.5 Å². The van der Waals surface area contributed by atoms with Crippen molar-refractivity contribution < 1.29 is 9.21 Å². The largest absolute Gasteiger partial charge is 0.466 e. The molecule has 1 aromatic heterocycles. The van der Waals surface area contributed by atoms with Crippen LogP contribution in [0.2, 0.25) is 0 Å². The van der Waals surface area contributed by atoms with E-state index in [0.29, 0.717) is 17.4 Å². The third-order valence-electron chi connectivity index (χ3n) is 4.71. The molecule has 3 atom stereocenters. The highest BCUT2D eigenvalue weighted by molar-refractivity contribution is 5.95. The zero-order valence-corrected chi connectivity index (χ0v) is 11.7. The molecule has 0 bridgehead atoms. The summed E-state index contributed by atoms with van der Waals surface area (Å²) in [5.41, 5.74) is 6.91. The third kappa shape index (κ3) is 2.18. The number of nitrogens with zero attached hydrogens (tertiary/aromatic N) is 1. The lowest BCUT2D eigenvalue weighted by atomic mass is 9.78. The summed E-state index contributed by atoms with van der Waals surface area (Å²) in [6.45, 7) is 5.41. The molecule has 3 unspecified atom stereocenters. The maximum absolute atomic E-state index is 12.6. The number of carbonyl (C=O) groups is 1. The number of hydrogen-bond donors (Lipinski definition) is 1. The Morgan fingerprint density at radius 3 is 2.79 bits per heavy atom. The van der Waals surface area contributed by atoms with Gasteiger partial charge in [-0.25, -0.2) is 0 Å². The monoisotopic (exact) mass is 262 g/mol. The molecule has 1 saturated heterocycles. The normalized spacial score (nSPS) is 30.5. The van der Waals surface area contributed by atoms with Gasteiger partial charge in [0, 0.05) is 19.1 Å². The fraction of sp³-hybridized carbons (Fsp3) is 0.667. The number of likely N-dealkylation sites (tertiary alicyclic amines) is 1. The Labute approximate surface area is 113 Å². The van der Waals surface area contributed by atoms with Crippen LogP contribution in [0, 0.1) is 25.7 Å². The van der Waals surface area contributed by atoms with Gasteiger partial charge < -0.3 is 15.1 Å². The molecule has 1 amide bonds. The SMILES string of the molecule is Cc1cc(C(=O)N2CC3CCCC(N)C3C2)c(C)o1. The minimum atomic E-state index is 0.107. The van der Waals surface area contributed by atoms with Crippen LogP contribution in [-0.2, 0) is 0 Å². The van der Waals surface area contributed by atoms with Gasteiger partial charge >= 0.3 is 0 Å². The minimum absolute atomic E-state index is 0.107. The Kier molecular flexibility index (Phi) is 3.13. The fourth-order valence-electron chi connectivity index (χ4n) is 3.70. The van der Waals surface area contributed by atoms with E-state index in [1.165, 1.54) is 12.8 Å². The van der Waals surface area contributed by atoms with E-state index in [1.807, 2.05) is 24.8 Å². The summed E-state index contributed by atoms with van der Waals surface area (Å²) in [4.78, 5) is 14.5. The van der Waals surface area contributed by atoms with Crippen molar-refractivity contribution in [3.63, 3.8) is 0 Å². The van der Waals surface area contributed by atoms with Gasteiger partial charge in [-0.05, 0) is 44.6 Å². The van der Waals surface area contributed by atoms with E-state index in [-0.39, 0.29) is 11.9 Å². The van der Waals surface area contributed by atoms with Crippen LogP contribution in [0.15, 0.2) is 10.5 Å². The Balaban J connectivity index is 1.77. The highest BCUT2D eigenvalue weighted by atomic mass is 16.3. The number of furan rings is 1. The smallest absolute Gasteiger partial charge is 0.257 e. The summed E-state index contributed by atoms with van der Waals surface area (Å²) in [6.07, 6.45) is 3.52. The van der Waals surface area contributed by atoms with Crippen molar-refractivity contribution in [1.82, 2.24) is 4.90 Å². The number of hydrogen-bond acceptors (Lipinski definition) is 3. The van der Waals surface area contributed by atoms with Crippen molar-refractivity contribution >= 4 is 5.91 Å². The lowest BCUT2D eigenvalue weighted by molar-refractivity contribution is 0.0781. The van der Waals surface area contributed by atoms with Crippen molar-refractivity contribution in [2.75, 3.05) is 13.1 Å². The summed E-state index contributed by atoms with van der Waals surface area (Å²) in [5, 5.41) is 0. The van der Waals surface area contributed by atoms with Gasteiger partial charge in [-0.15, -0.1) is 0 Å². The first kappa shape index (κ1) is 12.7. The lowest BCUT2D eigenvalue weighted by Crippen LogP contribution is -2.38. The number of fused-ring (bicyclic) bond motifs is 1. The molecule has 2 fully saturated rings.